The molecule has 4 heteroatoms. The van der Waals surface area contributed by atoms with Crippen LogP contribution in [-0.2, 0) is 13.6 Å². The van der Waals surface area contributed by atoms with Crippen molar-refractivity contribution < 1.29 is 0 Å². The van der Waals surface area contributed by atoms with Gasteiger partial charge in [0.05, 0.1) is 6.20 Å². The molecule has 0 radical (unpaired) electrons. The zero-order valence-electron chi connectivity index (χ0n) is 14.3. The number of hydrogen-bond donors (Lipinski definition) is 1. The molecule has 0 aliphatic heterocycles. The van der Waals surface area contributed by atoms with Crippen LogP contribution in [0.3, 0.4) is 0 Å². The fourth-order valence-corrected chi connectivity index (χ4v) is 3.77. The molecular formula is C17H32N4. The molecule has 1 heterocycles. The Kier molecular flexibility index (Phi) is 5.10. The van der Waals surface area contributed by atoms with Crippen molar-refractivity contribution in [1.82, 2.24) is 14.7 Å². The van der Waals surface area contributed by atoms with Crippen LogP contribution < -0.4 is 5.73 Å². The quantitative estimate of drug-likeness (QED) is 0.928. The van der Waals surface area contributed by atoms with E-state index in [1.54, 1.807) is 0 Å². The summed E-state index contributed by atoms with van der Waals surface area (Å²) < 4.78 is 1.88. The van der Waals surface area contributed by atoms with Gasteiger partial charge in [0.15, 0.2) is 0 Å². The molecule has 21 heavy (non-hydrogen) atoms. The molecule has 1 aromatic heterocycles. The van der Waals surface area contributed by atoms with Gasteiger partial charge in [-0.15, -0.1) is 0 Å². The monoisotopic (exact) mass is 292 g/mol. The van der Waals surface area contributed by atoms with E-state index in [1.807, 2.05) is 17.9 Å². The van der Waals surface area contributed by atoms with E-state index < -0.39 is 0 Å². The Balaban J connectivity index is 2.05. The fourth-order valence-electron chi connectivity index (χ4n) is 3.77. The molecule has 2 N–H and O–H groups in total. The minimum atomic E-state index is 0.396. The van der Waals surface area contributed by atoms with Gasteiger partial charge >= 0.3 is 0 Å². The molecule has 1 aliphatic carbocycles. The zero-order chi connectivity index (χ0) is 15.6. The Morgan fingerprint density at radius 2 is 2.10 bits per heavy atom. The van der Waals surface area contributed by atoms with Crippen molar-refractivity contribution in [3.63, 3.8) is 0 Å². The summed E-state index contributed by atoms with van der Waals surface area (Å²) in [6.07, 6.45) is 7.93. The van der Waals surface area contributed by atoms with E-state index in [-0.39, 0.29) is 0 Å². The second-order valence-electron chi connectivity index (χ2n) is 7.88. The van der Waals surface area contributed by atoms with Crippen LogP contribution >= 0.6 is 0 Å². The first-order valence-corrected chi connectivity index (χ1v) is 8.19. The van der Waals surface area contributed by atoms with E-state index in [4.69, 9.17) is 5.73 Å². The van der Waals surface area contributed by atoms with Gasteiger partial charge in [-0.2, -0.15) is 5.10 Å². The Hall–Kier alpha value is -0.870. The van der Waals surface area contributed by atoms with Crippen molar-refractivity contribution in [2.75, 3.05) is 13.6 Å². The number of aryl methyl sites for hydroxylation is 1. The molecule has 0 saturated heterocycles. The normalized spacial score (nSPS) is 27.3. The first-order valence-electron chi connectivity index (χ1n) is 8.19. The summed E-state index contributed by atoms with van der Waals surface area (Å²) in [6.45, 7) is 8.89. The molecule has 0 spiro atoms. The molecule has 120 valence electrons. The van der Waals surface area contributed by atoms with Crippen LogP contribution in [0.4, 0.5) is 0 Å². The highest BCUT2D eigenvalue weighted by atomic mass is 15.2. The van der Waals surface area contributed by atoms with Crippen molar-refractivity contribution in [3.8, 4) is 0 Å². The highest BCUT2D eigenvalue weighted by molar-refractivity contribution is 5.04. The summed E-state index contributed by atoms with van der Waals surface area (Å²) in [7, 11) is 4.22. The third kappa shape index (κ3) is 4.07. The molecule has 0 aromatic carbocycles. The van der Waals surface area contributed by atoms with Gasteiger partial charge in [0.25, 0.3) is 0 Å². The summed E-state index contributed by atoms with van der Waals surface area (Å²) >= 11 is 0. The third-order valence-corrected chi connectivity index (χ3v) is 5.24. The SMILES string of the molecule is CN(Cc1cnn(C)c1)C1CC(C(C)(C)C)CCC1CN. The van der Waals surface area contributed by atoms with E-state index in [2.05, 4.69) is 44.0 Å². The molecule has 0 bridgehead atoms. The highest BCUT2D eigenvalue weighted by Crippen LogP contribution is 2.41. The van der Waals surface area contributed by atoms with Crippen molar-refractivity contribution in [3.05, 3.63) is 18.0 Å². The van der Waals surface area contributed by atoms with Gasteiger partial charge in [-0.3, -0.25) is 9.58 Å². The topological polar surface area (TPSA) is 47.1 Å². The molecule has 4 nitrogen and oxygen atoms in total. The average Bonchev–Trinajstić information content (AvgIpc) is 2.82. The minimum Gasteiger partial charge on any atom is -0.330 e. The predicted molar refractivity (Wildman–Crippen MR) is 87.8 cm³/mol. The first kappa shape index (κ1) is 16.5. The lowest BCUT2D eigenvalue weighted by molar-refractivity contribution is 0.0555. The standard InChI is InChI=1S/C17H32N4/c1-17(2,3)15-7-6-14(9-18)16(8-15)20(4)11-13-10-19-21(5)12-13/h10,12,14-16H,6-9,11,18H2,1-5H3. The maximum absolute atomic E-state index is 6.04. The van der Waals surface area contributed by atoms with Crippen molar-refractivity contribution >= 4 is 0 Å². The maximum atomic E-state index is 6.04. The van der Waals surface area contributed by atoms with Gasteiger partial charge in [0, 0.05) is 31.4 Å². The summed E-state index contributed by atoms with van der Waals surface area (Å²) in [4.78, 5) is 2.49. The van der Waals surface area contributed by atoms with Crippen molar-refractivity contribution in [1.29, 1.82) is 0 Å². The van der Waals surface area contributed by atoms with Gasteiger partial charge in [-0.05, 0) is 50.1 Å². The van der Waals surface area contributed by atoms with E-state index >= 15 is 0 Å². The molecule has 3 unspecified atom stereocenters. The maximum Gasteiger partial charge on any atom is 0.0534 e. The van der Waals surface area contributed by atoms with E-state index in [0.717, 1.165) is 19.0 Å². The van der Waals surface area contributed by atoms with Gasteiger partial charge in [0.1, 0.15) is 0 Å². The number of nitrogens with zero attached hydrogens (tertiary/aromatic N) is 3. The Morgan fingerprint density at radius 1 is 1.38 bits per heavy atom. The number of rotatable bonds is 4. The van der Waals surface area contributed by atoms with E-state index in [9.17, 15) is 0 Å². The molecule has 1 fully saturated rings. The van der Waals surface area contributed by atoms with Gasteiger partial charge in [-0.25, -0.2) is 0 Å². The summed E-state index contributed by atoms with van der Waals surface area (Å²) in [5, 5.41) is 4.27. The van der Waals surface area contributed by atoms with Crippen LogP contribution in [0.25, 0.3) is 0 Å². The summed E-state index contributed by atoms with van der Waals surface area (Å²) in [6, 6.07) is 0.591. The first-order chi connectivity index (χ1) is 9.81. The molecule has 1 aromatic rings. The predicted octanol–water partition coefficient (Wildman–Crippen LogP) is 2.64. The van der Waals surface area contributed by atoms with Crippen LogP contribution in [0.2, 0.25) is 0 Å². The van der Waals surface area contributed by atoms with Crippen LogP contribution in [-0.4, -0.2) is 34.3 Å². The number of hydrogen-bond acceptors (Lipinski definition) is 3. The zero-order valence-corrected chi connectivity index (χ0v) is 14.3. The van der Waals surface area contributed by atoms with Crippen LogP contribution in [0, 0.1) is 17.3 Å². The summed E-state index contributed by atoms with van der Waals surface area (Å²) in [5.41, 5.74) is 7.72. The lowest BCUT2D eigenvalue weighted by Crippen LogP contribution is -2.46. The van der Waals surface area contributed by atoms with Crippen LogP contribution in [0.15, 0.2) is 12.4 Å². The second kappa shape index (κ2) is 6.49. The van der Waals surface area contributed by atoms with Crippen LogP contribution in [0.5, 0.6) is 0 Å². The van der Waals surface area contributed by atoms with E-state index in [0.29, 0.717) is 17.4 Å². The van der Waals surface area contributed by atoms with Crippen molar-refractivity contribution in [2.45, 2.75) is 52.6 Å². The smallest absolute Gasteiger partial charge is 0.0534 e. The highest BCUT2D eigenvalue weighted by Gasteiger charge is 2.37. The molecule has 1 saturated carbocycles. The molecular weight excluding hydrogens is 260 g/mol. The largest absolute Gasteiger partial charge is 0.330 e. The minimum absolute atomic E-state index is 0.396. The lowest BCUT2D eigenvalue weighted by atomic mass is 9.67. The second-order valence-corrected chi connectivity index (χ2v) is 7.88. The lowest BCUT2D eigenvalue weighted by Gasteiger charge is -2.45. The van der Waals surface area contributed by atoms with Crippen LogP contribution in [0.1, 0.15) is 45.6 Å². The van der Waals surface area contributed by atoms with Gasteiger partial charge in [0.2, 0.25) is 0 Å². The van der Waals surface area contributed by atoms with Crippen molar-refractivity contribution in [2.24, 2.45) is 30.0 Å². The molecule has 1 aliphatic rings. The molecule has 2 rings (SSSR count). The van der Waals surface area contributed by atoms with E-state index in [1.165, 1.54) is 24.8 Å². The Bertz CT molecular complexity index is 446. The number of aromatic nitrogens is 2. The third-order valence-electron chi connectivity index (χ3n) is 5.24. The summed E-state index contributed by atoms with van der Waals surface area (Å²) in [5.74, 6) is 1.42. The Labute approximate surface area is 129 Å². The molecule has 3 atom stereocenters. The van der Waals surface area contributed by atoms with Gasteiger partial charge < -0.3 is 5.73 Å². The Morgan fingerprint density at radius 3 is 2.62 bits per heavy atom. The fraction of sp³-hybridized carbons (Fsp3) is 0.824. The molecule has 0 amide bonds. The average molecular weight is 292 g/mol. The van der Waals surface area contributed by atoms with Gasteiger partial charge in [-0.1, -0.05) is 20.8 Å². The number of nitrogens with two attached hydrogens (primary N) is 1.